The van der Waals surface area contributed by atoms with E-state index in [1.807, 2.05) is 42.5 Å². The summed E-state index contributed by atoms with van der Waals surface area (Å²) in [5.74, 6) is 1.12. The number of methoxy groups -OCH3 is 2. The highest BCUT2D eigenvalue weighted by molar-refractivity contribution is 5.85. The molecule has 0 N–H and O–H groups in total. The zero-order chi connectivity index (χ0) is 19.5. The van der Waals surface area contributed by atoms with Gasteiger partial charge in [0.1, 0.15) is 11.7 Å². The minimum atomic E-state index is -0.315. The molecule has 2 heterocycles. The molecule has 0 bridgehead atoms. The van der Waals surface area contributed by atoms with Crippen LogP contribution >= 0.6 is 0 Å². The molecule has 0 radical (unpaired) electrons. The van der Waals surface area contributed by atoms with Gasteiger partial charge in [-0.05, 0) is 24.3 Å². The van der Waals surface area contributed by atoms with Crippen molar-refractivity contribution in [3.05, 3.63) is 77.0 Å². The van der Waals surface area contributed by atoms with Crippen LogP contribution < -0.4 is 15.0 Å². The normalized spacial score (nSPS) is 11.2. The van der Waals surface area contributed by atoms with Gasteiger partial charge in [0.25, 0.3) is 5.56 Å². The first-order valence-corrected chi connectivity index (χ1v) is 8.49. The highest BCUT2D eigenvalue weighted by Gasteiger charge is 2.11. The maximum Gasteiger partial charge on any atom is 0.285 e. The fourth-order valence-corrected chi connectivity index (χ4v) is 2.88. The van der Waals surface area contributed by atoms with Gasteiger partial charge < -0.3 is 9.47 Å². The van der Waals surface area contributed by atoms with E-state index in [-0.39, 0.29) is 5.56 Å². The van der Waals surface area contributed by atoms with Crippen molar-refractivity contribution in [3.8, 4) is 17.2 Å². The Morgan fingerprint density at radius 3 is 2.61 bits per heavy atom. The topological polar surface area (TPSA) is 83.5 Å². The summed E-state index contributed by atoms with van der Waals surface area (Å²) in [5, 5.41) is 8.90. The van der Waals surface area contributed by atoms with E-state index >= 15 is 0 Å². The summed E-state index contributed by atoms with van der Waals surface area (Å²) in [7, 11) is 3.11. The van der Waals surface area contributed by atoms with Crippen molar-refractivity contribution in [1.29, 1.82) is 0 Å². The van der Waals surface area contributed by atoms with Gasteiger partial charge in [0.15, 0.2) is 17.1 Å². The van der Waals surface area contributed by atoms with E-state index in [0.717, 1.165) is 10.4 Å². The number of hydrogen-bond donors (Lipinski definition) is 0. The van der Waals surface area contributed by atoms with Gasteiger partial charge in [-0.3, -0.25) is 4.79 Å². The summed E-state index contributed by atoms with van der Waals surface area (Å²) in [6.45, 7) is 0. The first-order chi connectivity index (χ1) is 13.7. The minimum Gasteiger partial charge on any atom is -0.493 e. The molecule has 140 valence electrons. The number of fused-ring (bicyclic) bond motifs is 1. The fourth-order valence-electron chi connectivity index (χ4n) is 2.88. The lowest BCUT2D eigenvalue weighted by Crippen LogP contribution is -2.17. The third kappa shape index (κ3) is 3.01. The van der Waals surface area contributed by atoms with Crippen molar-refractivity contribution in [2.75, 3.05) is 14.2 Å². The van der Waals surface area contributed by atoms with E-state index in [4.69, 9.17) is 9.47 Å². The van der Waals surface area contributed by atoms with Crippen LogP contribution in [0.4, 0.5) is 0 Å². The van der Waals surface area contributed by atoms with Crippen LogP contribution in [0.15, 0.2) is 71.0 Å². The maximum absolute atomic E-state index is 12.8. The maximum atomic E-state index is 12.8. The van der Waals surface area contributed by atoms with Crippen LogP contribution in [0.25, 0.3) is 16.7 Å². The molecule has 0 unspecified atom stereocenters. The molecule has 0 aliphatic rings. The van der Waals surface area contributed by atoms with Crippen LogP contribution in [-0.4, -0.2) is 39.9 Å². The monoisotopic (exact) mass is 375 g/mol. The van der Waals surface area contributed by atoms with Gasteiger partial charge in [-0.2, -0.15) is 14.9 Å². The second-order valence-electron chi connectivity index (χ2n) is 5.85. The summed E-state index contributed by atoms with van der Waals surface area (Å²) >= 11 is 0. The molecule has 0 aliphatic heterocycles. The van der Waals surface area contributed by atoms with Gasteiger partial charge in [0.2, 0.25) is 0 Å². The largest absolute Gasteiger partial charge is 0.493 e. The SMILES string of the molecule is COc1cccc(/C=N\n2cnc3c(cnn3-c3ccccc3)c2=O)c1OC. The zero-order valence-electron chi connectivity index (χ0n) is 15.3. The van der Waals surface area contributed by atoms with E-state index in [1.165, 1.54) is 18.7 Å². The Balaban J connectivity index is 1.75. The molecule has 4 aromatic rings. The number of aromatic nitrogens is 4. The molecular formula is C20H17N5O3. The Morgan fingerprint density at radius 2 is 1.86 bits per heavy atom. The van der Waals surface area contributed by atoms with Crippen molar-refractivity contribution in [3.63, 3.8) is 0 Å². The number of benzene rings is 2. The fraction of sp³-hybridized carbons (Fsp3) is 0.100. The van der Waals surface area contributed by atoms with Gasteiger partial charge in [-0.15, -0.1) is 0 Å². The molecule has 2 aromatic heterocycles. The lowest BCUT2D eigenvalue weighted by molar-refractivity contribution is 0.354. The predicted octanol–water partition coefficient (Wildman–Crippen LogP) is 2.48. The standard InChI is InChI=1S/C20H17N5O3/c1-27-17-10-6-7-14(18(17)28-2)11-22-24-13-21-19-16(20(24)26)12-23-25(19)15-8-4-3-5-9-15/h3-13H,1-2H3/b22-11-. The minimum absolute atomic E-state index is 0.315. The van der Waals surface area contributed by atoms with E-state index in [0.29, 0.717) is 28.1 Å². The molecule has 0 fully saturated rings. The Kier molecular flexibility index (Phi) is 4.59. The van der Waals surface area contributed by atoms with Crippen LogP contribution in [0.2, 0.25) is 0 Å². The third-order valence-electron chi connectivity index (χ3n) is 4.23. The highest BCUT2D eigenvalue weighted by Crippen LogP contribution is 2.29. The van der Waals surface area contributed by atoms with Gasteiger partial charge in [0.05, 0.1) is 32.3 Å². The quantitative estimate of drug-likeness (QED) is 0.501. The van der Waals surface area contributed by atoms with Crippen molar-refractivity contribution in [2.24, 2.45) is 5.10 Å². The van der Waals surface area contributed by atoms with Gasteiger partial charge in [-0.1, -0.05) is 24.3 Å². The summed E-state index contributed by atoms with van der Waals surface area (Å²) in [6, 6.07) is 14.9. The molecule has 2 aromatic carbocycles. The summed E-state index contributed by atoms with van der Waals surface area (Å²) in [4.78, 5) is 17.1. The van der Waals surface area contributed by atoms with Crippen molar-refractivity contribution in [1.82, 2.24) is 19.4 Å². The summed E-state index contributed by atoms with van der Waals surface area (Å²) in [6.07, 6.45) is 4.39. The Labute approximate surface area is 160 Å². The lowest BCUT2D eigenvalue weighted by Gasteiger charge is -2.09. The van der Waals surface area contributed by atoms with Gasteiger partial charge in [-0.25, -0.2) is 9.67 Å². The van der Waals surface area contributed by atoms with E-state index in [1.54, 1.807) is 25.0 Å². The molecule has 8 heteroatoms. The van der Waals surface area contributed by atoms with Gasteiger partial charge in [0, 0.05) is 5.56 Å². The van der Waals surface area contributed by atoms with Crippen molar-refractivity contribution in [2.45, 2.75) is 0 Å². The molecule has 0 saturated carbocycles. The number of ether oxygens (including phenoxy) is 2. The molecule has 28 heavy (non-hydrogen) atoms. The average Bonchev–Trinajstić information content (AvgIpc) is 3.18. The van der Waals surface area contributed by atoms with E-state index in [2.05, 4.69) is 15.2 Å². The van der Waals surface area contributed by atoms with E-state index in [9.17, 15) is 4.79 Å². The second-order valence-corrected chi connectivity index (χ2v) is 5.85. The number of rotatable bonds is 5. The predicted molar refractivity (Wildman–Crippen MR) is 106 cm³/mol. The Morgan fingerprint density at radius 1 is 1.04 bits per heavy atom. The Hall–Kier alpha value is -3.94. The van der Waals surface area contributed by atoms with Crippen LogP contribution in [-0.2, 0) is 0 Å². The zero-order valence-corrected chi connectivity index (χ0v) is 15.3. The Bertz CT molecular complexity index is 1210. The lowest BCUT2D eigenvalue weighted by atomic mass is 10.2. The average molecular weight is 375 g/mol. The highest BCUT2D eigenvalue weighted by atomic mass is 16.5. The van der Waals surface area contributed by atoms with Crippen molar-refractivity contribution >= 4 is 17.2 Å². The molecule has 0 spiro atoms. The number of nitrogens with zero attached hydrogens (tertiary/aromatic N) is 5. The second kappa shape index (κ2) is 7.36. The summed E-state index contributed by atoms with van der Waals surface area (Å²) in [5.41, 5.74) is 1.66. The molecule has 0 saturated heterocycles. The van der Waals surface area contributed by atoms with Crippen LogP contribution in [0, 0.1) is 0 Å². The van der Waals surface area contributed by atoms with Crippen molar-refractivity contribution < 1.29 is 9.47 Å². The van der Waals surface area contributed by atoms with E-state index < -0.39 is 0 Å². The molecule has 0 aliphatic carbocycles. The van der Waals surface area contributed by atoms with Crippen LogP contribution in [0.5, 0.6) is 11.5 Å². The summed E-state index contributed by atoms with van der Waals surface area (Å²) < 4.78 is 13.4. The van der Waals surface area contributed by atoms with Crippen LogP contribution in [0.1, 0.15) is 5.56 Å². The molecule has 0 atom stereocenters. The van der Waals surface area contributed by atoms with Crippen LogP contribution in [0.3, 0.4) is 0 Å². The number of para-hydroxylation sites is 2. The first kappa shape index (κ1) is 17.5. The van der Waals surface area contributed by atoms with Gasteiger partial charge >= 0.3 is 0 Å². The number of hydrogen-bond acceptors (Lipinski definition) is 6. The molecule has 4 rings (SSSR count). The third-order valence-corrected chi connectivity index (χ3v) is 4.23. The smallest absolute Gasteiger partial charge is 0.285 e. The molecule has 8 nitrogen and oxygen atoms in total. The first-order valence-electron chi connectivity index (χ1n) is 8.49. The molecule has 0 amide bonds. The molecular weight excluding hydrogens is 358 g/mol.